The molecule has 0 aliphatic heterocycles. The minimum atomic E-state index is 0. The second-order valence-electron chi connectivity index (χ2n) is 5.02. The van der Waals surface area contributed by atoms with Crippen molar-refractivity contribution in [2.24, 2.45) is 11.7 Å². The molecule has 1 aromatic rings. The molecule has 0 heterocycles. The quantitative estimate of drug-likeness (QED) is 0.709. The van der Waals surface area contributed by atoms with Gasteiger partial charge in [-0.1, -0.05) is 44.2 Å². The first kappa shape index (κ1) is 18.4. The molecule has 1 rings (SSSR count). The summed E-state index contributed by atoms with van der Waals surface area (Å²) in [4.78, 5) is 2.34. The largest absolute Gasteiger partial charge is 0.380 e. The zero-order chi connectivity index (χ0) is 13.2. The summed E-state index contributed by atoms with van der Waals surface area (Å²) in [5.74, 6) is 0.599. The Labute approximate surface area is 123 Å². The van der Waals surface area contributed by atoms with Gasteiger partial charge in [-0.15, -0.1) is 12.4 Å². The van der Waals surface area contributed by atoms with Gasteiger partial charge < -0.3 is 10.5 Å². The fourth-order valence-corrected chi connectivity index (χ4v) is 1.81. The Morgan fingerprint density at radius 3 is 2.42 bits per heavy atom. The summed E-state index contributed by atoms with van der Waals surface area (Å²) >= 11 is 0. The van der Waals surface area contributed by atoms with Crippen LogP contribution >= 0.6 is 12.4 Å². The van der Waals surface area contributed by atoms with Crippen LogP contribution in [-0.2, 0) is 11.3 Å². The van der Waals surface area contributed by atoms with Gasteiger partial charge in [0.25, 0.3) is 0 Å². The van der Waals surface area contributed by atoms with E-state index in [2.05, 4.69) is 43.0 Å². The van der Waals surface area contributed by atoms with Gasteiger partial charge in [0.2, 0.25) is 0 Å². The van der Waals surface area contributed by atoms with Gasteiger partial charge in [-0.25, -0.2) is 0 Å². The predicted molar refractivity (Wildman–Crippen MR) is 83.7 cm³/mol. The monoisotopic (exact) mass is 286 g/mol. The zero-order valence-electron chi connectivity index (χ0n) is 12.0. The highest BCUT2D eigenvalue weighted by molar-refractivity contribution is 5.85. The van der Waals surface area contributed by atoms with Crippen LogP contribution in [0, 0.1) is 5.92 Å². The smallest absolute Gasteiger partial charge is 0.0593 e. The first-order valence-electron chi connectivity index (χ1n) is 6.76. The van der Waals surface area contributed by atoms with Crippen LogP contribution in [0.15, 0.2) is 30.3 Å². The van der Waals surface area contributed by atoms with Crippen LogP contribution in [-0.4, -0.2) is 37.7 Å². The number of hydrogen-bond donors (Lipinski definition) is 1. The van der Waals surface area contributed by atoms with Crippen molar-refractivity contribution >= 4 is 12.4 Å². The zero-order valence-corrected chi connectivity index (χ0v) is 12.9. The maximum atomic E-state index is 5.65. The molecule has 0 unspecified atom stereocenters. The number of halogens is 1. The minimum absolute atomic E-state index is 0. The van der Waals surface area contributed by atoms with E-state index < -0.39 is 0 Å². The third-order valence-corrected chi connectivity index (χ3v) is 2.70. The molecule has 19 heavy (non-hydrogen) atoms. The van der Waals surface area contributed by atoms with Crippen LogP contribution in [0.5, 0.6) is 0 Å². The van der Waals surface area contributed by atoms with E-state index in [0.717, 1.165) is 32.8 Å². The second kappa shape index (κ2) is 11.2. The average molecular weight is 287 g/mol. The summed E-state index contributed by atoms with van der Waals surface area (Å²) in [5, 5.41) is 0. The van der Waals surface area contributed by atoms with Gasteiger partial charge in [-0.2, -0.15) is 0 Å². The molecule has 0 bridgehead atoms. The van der Waals surface area contributed by atoms with Crippen molar-refractivity contribution in [1.29, 1.82) is 0 Å². The third-order valence-electron chi connectivity index (χ3n) is 2.70. The Morgan fingerprint density at radius 2 is 1.84 bits per heavy atom. The number of ether oxygens (including phenoxy) is 1. The van der Waals surface area contributed by atoms with Crippen LogP contribution in [0.2, 0.25) is 0 Å². The van der Waals surface area contributed by atoms with Crippen molar-refractivity contribution in [2.45, 2.75) is 20.4 Å². The molecule has 0 aliphatic rings. The molecule has 0 aliphatic carbocycles. The Hall–Kier alpha value is -0.610. The van der Waals surface area contributed by atoms with E-state index >= 15 is 0 Å². The van der Waals surface area contributed by atoms with Crippen molar-refractivity contribution in [1.82, 2.24) is 4.90 Å². The Balaban J connectivity index is 0.00000324. The van der Waals surface area contributed by atoms with E-state index in [1.807, 2.05) is 6.07 Å². The Bertz CT molecular complexity index is 306. The fourth-order valence-electron chi connectivity index (χ4n) is 1.81. The van der Waals surface area contributed by atoms with Gasteiger partial charge >= 0.3 is 0 Å². The highest BCUT2D eigenvalue weighted by Crippen LogP contribution is 2.04. The molecule has 2 N–H and O–H groups in total. The van der Waals surface area contributed by atoms with Crippen molar-refractivity contribution in [3.63, 3.8) is 0 Å². The second-order valence-corrected chi connectivity index (χ2v) is 5.02. The lowest BCUT2D eigenvalue weighted by Gasteiger charge is -2.21. The summed E-state index contributed by atoms with van der Waals surface area (Å²) in [6.07, 6.45) is 0. The molecule has 3 nitrogen and oxygen atoms in total. The normalized spacial score (nSPS) is 10.8. The molecule has 0 amide bonds. The van der Waals surface area contributed by atoms with Gasteiger partial charge in [-0.3, -0.25) is 4.90 Å². The van der Waals surface area contributed by atoms with Crippen LogP contribution in [0.3, 0.4) is 0 Å². The van der Waals surface area contributed by atoms with E-state index in [1.54, 1.807) is 0 Å². The standard InChI is InChI=1S/C15H26N2O.ClH/c1-14(2)13-18-11-10-17(9-8-16)12-15-6-4-3-5-7-15;/h3-7,14H,8-13,16H2,1-2H3;1H. The van der Waals surface area contributed by atoms with E-state index in [9.17, 15) is 0 Å². The molecular formula is C15H27ClN2O. The molecule has 0 spiro atoms. The molecule has 0 radical (unpaired) electrons. The van der Waals surface area contributed by atoms with Gasteiger partial charge in [0.15, 0.2) is 0 Å². The topological polar surface area (TPSA) is 38.5 Å². The molecular weight excluding hydrogens is 260 g/mol. The molecule has 0 saturated carbocycles. The molecule has 0 saturated heterocycles. The van der Waals surface area contributed by atoms with Gasteiger partial charge in [0, 0.05) is 32.8 Å². The van der Waals surface area contributed by atoms with Crippen molar-refractivity contribution in [2.75, 3.05) is 32.8 Å². The van der Waals surface area contributed by atoms with Crippen LogP contribution < -0.4 is 5.73 Å². The molecule has 110 valence electrons. The molecule has 4 heteroatoms. The average Bonchev–Trinajstić information content (AvgIpc) is 2.36. The van der Waals surface area contributed by atoms with Gasteiger partial charge in [0.1, 0.15) is 0 Å². The maximum absolute atomic E-state index is 5.65. The lowest BCUT2D eigenvalue weighted by molar-refractivity contribution is 0.0842. The molecule has 1 aromatic carbocycles. The molecule has 0 aromatic heterocycles. The number of hydrogen-bond acceptors (Lipinski definition) is 3. The lowest BCUT2D eigenvalue weighted by atomic mass is 10.2. The van der Waals surface area contributed by atoms with Crippen molar-refractivity contribution in [3.05, 3.63) is 35.9 Å². The Morgan fingerprint density at radius 1 is 1.16 bits per heavy atom. The number of benzene rings is 1. The van der Waals surface area contributed by atoms with Crippen LogP contribution in [0.1, 0.15) is 19.4 Å². The van der Waals surface area contributed by atoms with E-state index in [0.29, 0.717) is 12.5 Å². The highest BCUT2D eigenvalue weighted by atomic mass is 35.5. The first-order valence-corrected chi connectivity index (χ1v) is 6.76. The molecule has 0 fully saturated rings. The van der Waals surface area contributed by atoms with Crippen LogP contribution in [0.25, 0.3) is 0 Å². The molecule has 0 atom stereocenters. The van der Waals surface area contributed by atoms with Crippen LogP contribution in [0.4, 0.5) is 0 Å². The Kier molecular flexibility index (Phi) is 10.9. The van der Waals surface area contributed by atoms with Crippen molar-refractivity contribution < 1.29 is 4.74 Å². The van der Waals surface area contributed by atoms with Gasteiger partial charge in [-0.05, 0) is 11.5 Å². The summed E-state index contributed by atoms with van der Waals surface area (Å²) in [7, 11) is 0. The van der Waals surface area contributed by atoms with E-state index in [-0.39, 0.29) is 12.4 Å². The summed E-state index contributed by atoms with van der Waals surface area (Å²) < 4.78 is 5.63. The van der Waals surface area contributed by atoms with E-state index in [4.69, 9.17) is 10.5 Å². The summed E-state index contributed by atoms with van der Waals surface area (Å²) in [6.45, 7) is 9.45. The number of nitrogens with zero attached hydrogens (tertiary/aromatic N) is 1. The lowest BCUT2D eigenvalue weighted by Crippen LogP contribution is -2.32. The minimum Gasteiger partial charge on any atom is -0.380 e. The van der Waals surface area contributed by atoms with Gasteiger partial charge in [0.05, 0.1) is 6.61 Å². The number of nitrogens with two attached hydrogens (primary N) is 1. The fraction of sp³-hybridized carbons (Fsp3) is 0.600. The summed E-state index contributed by atoms with van der Waals surface area (Å²) in [5.41, 5.74) is 6.98. The summed E-state index contributed by atoms with van der Waals surface area (Å²) in [6, 6.07) is 10.5. The predicted octanol–water partition coefficient (Wildman–Crippen LogP) is 2.54. The number of rotatable bonds is 9. The highest BCUT2D eigenvalue weighted by Gasteiger charge is 2.05. The maximum Gasteiger partial charge on any atom is 0.0593 e. The third kappa shape index (κ3) is 9.00. The SMILES string of the molecule is CC(C)COCCN(CCN)Cc1ccccc1.Cl. The van der Waals surface area contributed by atoms with Crippen molar-refractivity contribution in [3.8, 4) is 0 Å². The first-order chi connectivity index (χ1) is 8.72. The van der Waals surface area contributed by atoms with E-state index in [1.165, 1.54) is 5.56 Å².